The number of carbonyl (C=O) groups is 1. The molecule has 5 heteroatoms. The van der Waals surface area contributed by atoms with Gasteiger partial charge in [0.1, 0.15) is 5.75 Å². The number of hydrogen-bond acceptors (Lipinski definition) is 3. The zero-order chi connectivity index (χ0) is 14.5. The van der Waals surface area contributed by atoms with E-state index in [0.717, 1.165) is 5.56 Å². The quantitative estimate of drug-likeness (QED) is 0.598. The predicted octanol–water partition coefficient (Wildman–Crippen LogP) is 2.49. The van der Waals surface area contributed by atoms with Gasteiger partial charge >= 0.3 is 0 Å². The standard InChI is InChI=1S/C15H15ClN2O2/c16-12-3-1-10(2-4-12)7-15(20)18-9-11-8-13(17)5-6-14(11)19/h1-6,8,19H,7,9,17H2,(H,18,20). The summed E-state index contributed by atoms with van der Waals surface area (Å²) in [7, 11) is 0. The molecule has 0 saturated carbocycles. The van der Waals surface area contributed by atoms with Crippen molar-refractivity contribution < 1.29 is 9.90 Å². The lowest BCUT2D eigenvalue weighted by molar-refractivity contribution is -0.120. The number of nitrogens with one attached hydrogen (secondary N) is 1. The fourth-order valence-electron chi connectivity index (χ4n) is 1.79. The lowest BCUT2D eigenvalue weighted by atomic mass is 10.1. The average Bonchev–Trinajstić information content (AvgIpc) is 2.42. The van der Waals surface area contributed by atoms with Crippen molar-refractivity contribution in [1.82, 2.24) is 5.32 Å². The molecule has 0 unspecified atom stereocenters. The van der Waals surface area contributed by atoms with E-state index >= 15 is 0 Å². The van der Waals surface area contributed by atoms with Gasteiger partial charge in [0.05, 0.1) is 6.42 Å². The number of rotatable bonds is 4. The Morgan fingerprint density at radius 3 is 2.60 bits per heavy atom. The minimum Gasteiger partial charge on any atom is -0.508 e. The number of aromatic hydroxyl groups is 1. The highest BCUT2D eigenvalue weighted by Gasteiger charge is 2.06. The van der Waals surface area contributed by atoms with Crippen LogP contribution in [0.3, 0.4) is 0 Å². The lowest BCUT2D eigenvalue weighted by Gasteiger charge is -2.08. The van der Waals surface area contributed by atoms with Gasteiger partial charge in [-0.15, -0.1) is 0 Å². The molecule has 2 aromatic rings. The molecule has 2 rings (SSSR count). The van der Waals surface area contributed by atoms with Crippen LogP contribution in [0.2, 0.25) is 5.02 Å². The van der Waals surface area contributed by atoms with Crippen LogP contribution in [-0.4, -0.2) is 11.0 Å². The third-order valence-corrected chi connectivity index (χ3v) is 3.11. The minimum atomic E-state index is -0.130. The minimum absolute atomic E-state index is 0.117. The topological polar surface area (TPSA) is 75.3 Å². The lowest BCUT2D eigenvalue weighted by Crippen LogP contribution is -2.24. The summed E-state index contributed by atoms with van der Waals surface area (Å²) in [5.41, 5.74) is 7.65. The van der Waals surface area contributed by atoms with Gasteiger partial charge in [-0.25, -0.2) is 0 Å². The molecule has 0 spiro atoms. The smallest absolute Gasteiger partial charge is 0.224 e. The Morgan fingerprint density at radius 1 is 1.20 bits per heavy atom. The highest BCUT2D eigenvalue weighted by molar-refractivity contribution is 6.30. The number of phenols is 1. The average molecular weight is 291 g/mol. The Kier molecular flexibility index (Phi) is 4.48. The Balaban J connectivity index is 1.92. The first kappa shape index (κ1) is 14.2. The second-order valence-electron chi connectivity index (χ2n) is 4.47. The molecule has 0 heterocycles. The summed E-state index contributed by atoms with van der Waals surface area (Å²) in [4.78, 5) is 11.8. The summed E-state index contributed by atoms with van der Waals surface area (Å²) in [5.74, 6) is -0.0138. The van der Waals surface area contributed by atoms with Gasteiger partial charge in [0.25, 0.3) is 0 Å². The summed E-state index contributed by atoms with van der Waals surface area (Å²) in [5, 5.41) is 13.0. The molecule has 0 atom stereocenters. The molecule has 0 bridgehead atoms. The fourth-order valence-corrected chi connectivity index (χ4v) is 1.92. The monoisotopic (exact) mass is 290 g/mol. The first-order chi connectivity index (χ1) is 9.54. The van der Waals surface area contributed by atoms with Gasteiger partial charge in [-0.05, 0) is 35.9 Å². The van der Waals surface area contributed by atoms with E-state index in [0.29, 0.717) is 16.3 Å². The van der Waals surface area contributed by atoms with Gasteiger partial charge in [-0.3, -0.25) is 4.79 Å². The summed E-state index contributed by atoms with van der Waals surface area (Å²) in [6.07, 6.45) is 0.264. The van der Waals surface area contributed by atoms with Crippen molar-refractivity contribution >= 4 is 23.2 Å². The molecule has 0 aliphatic carbocycles. The van der Waals surface area contributed by atoms with E-state index in [-0.39, 0.29) is 24.6 Å². The Labute approximate surface area is 122 Å². The van der Waals surface area contributed by atoms with Crippen molar-refractivity contribution in [2.75, 3.05) is 5.73 Å². The van der Waals surface area contributed by atoms with Crippen LogP contribution in [0.5, 0.6) is 5.75 Å². The Morgan fingerprint density at radius 2 is 1.90 bits per heavy atom. The van der Waals surface area contributed by atoms with E-state index in [9.17, 15) is 9.90 Å². The molecule has 1 amide bonds. The van der Waals surface area contributed by atoms with Crippen molar-refractivity contribution in [1.29, 1.82) is 0 Å². The van der Waals surface area contributed by atoms with E-state index in [4.69, 9.17) is 17.3 Å². The zero-order valence-corrected chi connectivity index (χ0v) is 11.5. The van der Waals surface area contributed by atoms with Crippen molar-refractivity contribution in [2.45, 2.75) is 13.0 Å². The molecule has 0 fully saturated rings. The summed E-state index contributed by atoms with van der Waals surface area (Å²) >= 11 is 5.78. The van der Waals surface area contributed by atoms with Crippen LogP contribution in [-0.2, 0) is 17.8 Å². The molecule has 4 nitrogen and oxygen atoms in total. The van der Waals surface area contributed by atoms with Crippen LogP contribution in [0.4, 0.5) is 5.69 Å². The molecule has 104 valence electrons. The predicted molar refractivity (Wildman–Crippen MR) is 79.5 cm³/mol. The van der Waals surface area contributed by atoms with Gasteiger partial charge in [-0.2, -0.15) is 0 Å². The number of benzene rings is 2. The number of nitrogen functional groups attached to an aromatic ring is 1. The number of amides is 1. The van der Waals surface area contributed by atoms with E-state index < -0.39 is 0 Å². The van der Waals surface area contributed by atoms with Crippen LogP contribution in [0.1, 0.15) is 11.1 Å². The summed E-state index contributed by atoms with van der Waals surface area (Å²) in [6, 6.07) is 11.9. The highest BCUT2D eigenvalue weighted by Crippen LogP contribution is 2.19. The molecular weight excluding hydrogens is 276 g/mol. The van der Waals surface area contributed by atoms with Gasteiger partial charge in [0.2, 0.25) is 5.91 Å². The fraction of sp³-hybridized carbons (Fsp3) is 0.133. The second-order valence-corrected chi connectivity index (χ2v) is 4.90. The Bertz CT molecular complexity index is 612. The maximum Gasteiger partial charge on any atom is 0.224 e. The molecule has 20 heavy (non-hydrogen) atoms. The van der Waals surface area contributed by atoms with Crippen LogP contribution < -0.4 is 11.1 Å². The Hall–Kier alpha value is -2.20. The van der Waals surface area contributed by atoms with Crippen molar-refractivity contribution in [2.24, 2.45) is 0 Å². The molecule has 0 radical (unpaired) electrons. The van der Waals surface area contributed by atoms with Crippen molar-refractivity contribution in [3.8, 4) is 5.75 Å². The van der Waals surface area contributed by atoms with Crippen LogP contribution >= 0.6 is 11.6 Å². The number of anilines is 1. The first-order valence-electron chi connectivity index (χ1n) is 6.13. The molecule has 0 aromatic heterocycles. The SMILES string of the molecule is Nc1ccc(O)c(CNC(=O)Cc2ccc(Cl)cc2)c1. The first-order valence-corrected chi connectivity index (χ1v) is 6.51. The third kappa shape index (κ3) is 3.90. The van der Waals surface area contributed by atoms with Gasteiger partial charge in [-0.1, -0.05) is 23.7 Å². The summed E-state index contributed by atoms with van der Waals surface area (Å²) in [6.45, 7) is 0.239. The normalized spacial score (nSPS) is 10.2. The molecule has 0 aliphatic rings. The maximum atomic E-state index is 11.8. The van der Waals surface area contributed by atoms with Crippen LogP contribution in [0.25, 0.3) is 0 Å². The summed E-state index contributed by atoms with van der Waals surface area (Å²) < 4.78 is 0. The third-order valence-electron chi connectivity index (χ3n) is 2.86. The van der Waals surface area contributed by atoms with Gasteiger partial charge in [0, 0.05) is 22.8 Å². The molecule has 0 saturated heterocycles. The zero-order valence-electron chi connectivity index (χ0n) is 10.8. The van der Waals surface area contributed by atoms with E-state index in [2.05, 4.69) is 5.32 Å². The van der Waals surface area contributed by atoms with Crippen molar-refractivity contribution in [3.63, 3.8) is 0 Å². The highest BCUT2D eigenvalue weighted by atomic mass is 35.5. The number of phenolic OH excluding ortho intramolecular Hbond substituents is 1. The second kappa shape index (κ2) is 6.30. The van der Waals surface area contributed by atoms with E-state index in [1.165, 1.54) is 6.07 Å². The molecule has 2 aromatic carbocycles. The number of halogens is 1. The van der Waals surface area contributed by atoms with Crippen LogP contribution in [0.15, 0.2) is 42.5 Å². The molecular formula is C15H15ClN2O2. The van der Waals surface area contributed by atoms with E-state index in [1.807, 2.05) is 0 Å². The number of nitrogens with two attached hydrogens (primary N) is 1. The molecule has 0 aliphatic heterocycles. The van der Waals surface area contributed by atoms with Gasteiger partial charge in [0.15, 0.2) is 0 Å². The van der Waals surface area contributed by atoms with Gasteiger partial charge < -0.3 is 16.2 Å². The maximum absolute atomic E-state index is 11.8. The molecule has 4 N–H and O–H groups in total. The largest absolute Gasteiger partial charge is 0.508 e. The number of carbonyl (C=O) groups excluding carboxylic acids is 1. The van der Waals surface area contributed by atoms with Crippen LogP contribution in [0, 0.1) is 0 Å². The van der Waals surface area contributed by atoms with E-state index in [1.54, 1.807) is 36.4 Å². The number of hydrogen-bond donors (Lipinski definition) is 3. The van der Waals surface area contributed by atoms with Crippen molar-refractivity contribution in [3.05, 3.63) is 58.6 Å².